The van der Waals surface area contributed by atoms with Gasteiger partial charge in [-0.15, -0.1) is 0 Å². The molecule has 3 N–H and O–H groups in total. The minimum atomic E-state index is -0.584. The number of nitrogens with zero attached hydrogens (tertiary/aromatic N) is 1. The van der Waals surface area contributed by atoms with Crippen LogP contribution in [0.1, 0.15) is 25.7 Å². The predicted octanol–water partition coefficient (Wildman–Crippen LogP) is 1.47. The van der Waals surface area contributed by atoms with Crippen LogP contribution in [0.15, 0.2) is 18.2 Å². The van der Waals surface area contributed by atoms with Crippen LogP contribution < -0.4 is 20.8 Å². The fourth-order valence-electron chi connectivity index (χ4n) is 4.53. The van der Waals surface area contributed by atoms with Gasteiger partial charge in [-0.25, -0.2) is 14.8 Å². The highest BCUT2D eigenvalue weighted by atomic mass is 35.5. The quantitative estimate of drug-likeness (QED) is 0.644. The SMILES string of the molecule is CN1CCC(C(=O)NC2CC(NC(=O)COc3ccc(Cl)c(F)c3)C3CC2C3)N1. The van der Waals surface area contributed by atoms with Gasteiger partial charge in [0.15, 0.2) is 6.61 Å². The second-order valence-electron chi connectivity index (χ2n) is 8.27. The number of hydrogen-bond donors (Lipinski definition) is 3. The third-order valence-corrected chi connectivity index (χ3v) is 6.54. The number of benzene rings is 1. The zero-order valence-electron chi connectivity index (χ0n) is 16.3. The van der Waals surface area contributed by atoms with Crippen molar-refractivity contribution in [3.63, 3.8) is 0 Å². The maximum absolute atomic E-state index is 13.5. The zero-order chi connectivity index (χ0) is 20.5. The van der Waals surface area contributed by atoms with Gasteiger partial charge >= 0.3 is 0 Å². The number of ether oxygens (including phenoxy) is 1. The molecule has 2 bridgehead atoms. The zero-order valence-corrected chi connectivity index (χ0v) is 17.0. The molecule has 3 atom stereocenters. The molecule has 3 saturated carbocycles. The van der Waals surface area contributed by atoms with E-state index in [9.17, 15) is 14.0 Å². The Morgan fingerprint density at radius 2 is 1.97 bits per heavy atom. The average molecular weight is 425 g/mol. The maximum atomic E-state index is 13.5. The Kier molecular flexibility index (Phi) is 5.94. The van der Waals surface area contributed by atoms with E-state index in [-0.39, 0.29) is 47.3 Å². The number of fused-ring (bicyclic) bond motifs is 2. The van der Waals surface area contributed by atoms with Gasteiger partial charge in [0.25, 0.3) is 5.91 Å². The Morgan fingerprint density at radius 3 is 2.62 bits per heavy atom. The van der Waals surface area contributed by atoms with E-state index < -0.39 is 5.82 Å². The lowest BCUT2D eigenvalue weighted by atomic mass is 9.60. The first-order chi connectivity index (χ1) is 13.9. The predicted molar refractivity (Wildman–Crippen MR) is 106 cm³/mol. The number of rotatable bonds is 6. The summed E-state index contributed by atoms with van der Waals surface area (Å²) in [5.41, 5.74) is 3.15. The van der Waals surface area contributed by atoms with Crippen LogP contribution in [0.3, 0.4) is 0 Å². The van der Waals surface area contributed by atoms with Gasteiger partial charge in [-0.05, 0) is 49.7 Å². The summed E-state index contributed by atoms with van der Waals surface area (Å²) in [7, 11) is 1.93. The third-order valence-electron chi connectivity index (χ3n) is 6.24. The lowest BCUT2D eigenvalue weighted by molar-refractivity contribution is -0.127. The van der Waals surface area contributed by atoms with Crippen LogP contribution in [-0.2, 0) is 9.59 Å². The molecule has 0 aromatic heterocycles. The van der Waals surface area contributed by atoms with Gasteiger partial charge in [0.2, 0.25) is 5.91 Å². The standard InChI is InChI=1S/C20H26ClFN4O3/c1-26-5-4-16(25-26)20(28)24-18-9-17(11-6-12(18)7-11)23-19(27)10-29-13-2-3-14(21)15(22)8-13/h2-3,8,11-12,16-18,25H,4-7,9-10H2,1H3,(H,23,27)(H,24,28). The van der Waals surface area contributed by atoms with Gasteiger partial charge in [0, 0.05) is 31.7 Å². The smallest absolute Gasteiger partial charge is 0.258 e. The molecule has 1 heterocycles. The first-order valence-corrected chi connectivity index (χ1v) is 10.4. The first-order valence-electron chi connectivity index (χ1n) is 10.0. The van der Waals surface area contributed by atoms with Crippen LogP contribution in [-0.4, -0.2) is 55.1 Å². The molecule has 158 valence electrons. The second kappa shape index (κ2) is 8.45. The van der Waals surface area contributed by atoms with E-state index in [1.165, 1.54) is 12.1 Å². The van der Waals surface area contributed by atoms with Crippen LogP contribution in [0.5, 0.6) is 5.75 Å². The minimum Gasteiger partial charge on any atom is -0.484 e. The summed E-state index contributed by atoms with van der Waals surface area (Å²) in [5.74, 6) is 0.389. The van der Waals surface area contributed by atoms with Crippen molar-refractivity contribution in [3.8, 4) is 5.75 Å². The summed E-state index contributed by atoms with van der Waals surface area (Å²) < 4.78 is 18.8. The largest absolute Gasteiger partial charge is 0.484 e. The lowest BCUT2D eigenvalue weighted by Gasteiger charge is -2.51. The Hall–Kier alpha value is -1.90. The molecule has 1 aromatic carbocycles. The van der Waals surface area contributed by atoms with Crippen molar-refractivity contribution in [1.29, 1.82) is 0 Å². The van der Waals surface area contributed by atoms with Crippen molar-refractivity contribution in [1.82, 2.24) is 21.1 Å². The van der Waals surface area contributed by atoms with Crippen molar-refractivity contribution in [3.05, 3.63) is 29.0 Å². The molecule has 7 nitrogen and oxygen atoms in total. The van der Waals surface area contributed by atoms with E-state index in [0.717, 1.165) is 38.3 Å². The van der Waals surface area contributed by atoms with Crippen molar-refractivity contribution in [2.45, 2.75) is 43.8 Å². The van der Waals surface area contributed by atoms with Crippen LogP contribution in [0.25, 0.3) is 0 Å². The maximum Gasteiger partial charge on any atom is 0.258 e. The normalized spacial score (nSPS) is 31.1. The molecule has 2 amide bonds. The van der Waals surface area contributed by atoms with Gasteiger partial charge < -0.3 is 15.4 Å². The monoisotopic (exact) mass is 424 g/mol. The summed E-state index contributed by atoms with van der Waals surface area (Å²) in [6.45, 7) is 0.660. The molecule has 9 heteroatoms. The van der Waals surface area contributed by atoms with Gasteiger partial charge in [-0.3, -0.25) is 9.59 Å². The van der Waals surface area contributed by atoms with Gasteiger partial charge in [0.1, 0.15) is 17.6 Å². The summed E-state index contributed by atoms with van der Waals surface area (Å²) in [6, 6.07) is 3.99. The average Bonchev–Trinajstić information content (AvgIpc) is 3.08. The Bertz CT molecular complexity index is 789. The van der Waals surface area contributed by atoms with Crippen molar-refractivity contribution >= 4 is 23.4 Å². The van der Waals surface area contributed by atoms with Crippen molar-refractivity contribution < 1.29 is 18.7 Å². The van der Waals surface area contributed by atoms with E-state index in [1.807, 2.05) is 12.1 Å². The molecular weight excluding hydrogens is 399 g/mol. The molecule has 1 aromatic rings. The van der Waals surface area contributed by atoms with E-state index in [4.69, 9.17) is 16.3 Å². The molecule has 4 aliphatic rings. The number of carbonyl (C=O) groups excluding carboxylic acids is 2. The molecule has 3 aliphatic carbocycles. The van der Waals surface area contributed by atoms with Gasteiger partial charge in [-0.1, -0.05) is 11.6 Å². The number of hydrogen-bond acceptors (Lipinski definition) is 5. The second-order valence-corrected chi connectivity index (χ2v) is 8.68. The van der Waals surface area contributed by atoms with E-state index in [1.54, 1.807) is 0 Å². The number of hydrazine groups is 1. The summed E-state index contributed by atoms with van der Waals surface area (Å²) in [5, 5.41) is 8.14. The highest BCUT2D eigenvalue weighted by Crippen LogP contribution is 2.45. The van der Waals surface area contributed by atoms with Gasteiger partial charge in [-0.2, -0.15) is 0 Å². The molecule has 0 spiro atoms. The van der Waals surface area contributed by atoms with Crippen LogP contribution >= 0.6 is 11.6 Å². The molecule has 0 radical (unpaired) electrons. The molecular formula is C20H26ClFN4O3. The Balaban J connectivity index is 1.26. The highest BCUT2D eigenvalue weighted by Gasteiger charge is 2.47. The number of amides is 2. The number of halogens is 2. The molecule has 29 heavy (non-hydrogen) atoms. The van der Waals surface area contributed by atoms with E-state index in [0.29, 0.717) is 11.8 Å². The first kappa shape index (κ1) is 20.4. The number of nitrogens with one attached hydrogen (secondary N) is 3. The Labute approximate surface area is 174 Å². The number of carbonyl (C=O) groups is 2. The van der Waals surface area contributed by atoms with Crippen LogP contribution in [0, 0.1) is 17.7 Å². The van der Waals surface area contributed by atoms with Gasteiger partial charge in [0.05, 0.1) is 5.02 Å². The Morgan fingerprint density at radius 1 is 1.24 bits per heavy atom. The fraction of sp³-hybridized carbons (Fsp3) is 0.600. The van der Waals surface area contributed by atoms with Crippen molar-refractivity contribution in [2.24, 2.45) is 11.8 Å². The van der Waals surface area contributed by atoms with E-state index >= 15 is 0 Å². The van der Waals surface area contributed by atoms with Crippen LogP contribution in [0.2, 0.25) is 5.02 Å². The summed E-state index contributed by atoms with van der Waals surface area (Å²) in [6.07, 6.45) is 3.55. The summed E-state index contributed by atoms with van der Waals surface area (Å²) >= 11 is 5.64. The lowest BCUT2D eigenvalue weighted by Crippen LogP contribution is -2.61. The van der Waals surface area contributed by atoms with E-state index in [2.05, 4.69) is 16.1 Å². The third kappa shape index (κ3) is 4.65. The molecule has 5 rings (SSSR count). The van der Waals surface area contributed by atoms with Crippen molar-refractivity contribution in [2.75, 3.05) is 20.2 Å². The molecule has 3 unspecified atom stereocenters. The highest BCUT2D eigenvalue weighted by molar-refractivity contribution is 6.30. The molecule has 1 saturated heterocycles. The minimum absolute atomic E-state index is 0.0103. The molecule has 4 fully saturated rings. The fourth-order valence-corrected chi connectivity index (χ4v) is 4.65. The summed E-state index contributed by atoms with van der Waals surface area (Å²) in [4.78, 5) is 24.8. The topological polar surface area (TPSA) is 82.7 Å². The van der Waals surface area contributed by atoms with Crippen LogP contribution in [0.4, 0.5) is 4.39 Å². The molecule has 1 aliphatic heterocycles.